The highest BCUT2D eigenvalue weighted by Crippen LogP contribution is 2.38. The Hall–Kier alpha value is -3.55. The van der Waals surface area contributed by atoms with Crippen LogP contribution in [0.3, 0.4) is 0 Å². The molecule has 3 aliphatic rings. The number of carboxylic acid groups (broad SMARTS) is 1. The van der Waals surface area contributed by atoms with Crippen molar-refractivity contribution in [3.05, 3.63) is 62.5 Å². The van der Waals surface area contributed by atoms with Crippen LogP contribution >= 0.6 is 22.9 Å². The minimum Gasteiger partial charge on any atom is -0.481 e. The summed E-state index contributed by atoms with van der Waals surface area (Å²) in [4.78, 5) is 52.9. The van der Waals surface area contributed by atoms with Crippen LogP contribution in [0.1, 0.15) is 37.4 Å². The fourth-order valence-corrected chi connectivity index (χ4v) is 6.62. The molecule has 2 fully saturated rings. The smallest absolute Gasteiger partial charge is 0.338 e. The average molecular weight is 619 g/mol. The number of nitrogens with zero attached hydrogens (tertiary/aromatic N) is 5. The van der Waals surface area contributed by atoms with E-state index in [-0.39, 0.29) is 23.2 Å². The number of carbonyl (C=O) groups is 3. The molecule has 0 radical (unpaired) electrons. The van der Waals surface area contributed by atoms with Crippen LogP contribution in [0.25, 0.3) is 0 Å². The summed E-state index contributed by atoms with van der Waals surface area (Å²) in [6, 6.07) is 2.90. The van der Waals surface area contributed by atoms with Gasteiger partial charge in [-0.25, -0.2) is 19.0 Å². The number of amidine groups is 1. The molecule has 0 bridgehead atoms. The van der Waals surface area contributed by atoms with Gasteiger partial charge in [-0.1, -0.05) is 17.7 Å². The number of aromatic nitrogens is 1. The largest absolute Gasteiger partial charge is 0.481 e. The summed E-state index contributed by atoms with van der Waals surface area (Å²) in [5, 5.41) is 15.4. The summed E-state index contributed by atoms with van der Waals surface area (Å²) in [7, 11) is 1.29. The zero-order valence-electron chi connectivity index (χ0n) is 23.7. The van der Waals surface area contributed by atoms with E-state index in [0.717, 1.165) is 0 Å². The second-order valence-electron chi connectivity index (χ2n) is 11.6. The van der Waals surface area contributed by atoms with E-state index in [1.807, 2.05) is 12.3 Å². The summed E-state index contributed by atoms with van der Waals surface area (Å²) in [6.07, 6.45) is 1.65. The number of carboxylic acids is 1. The molecular formula is C28H32ClFN6O5S. The zero-order valence-corrected chi connectivity index (χ0v) is 25.3. The molecule has 2 N–H and O–H groups in total. The molecule has 14 heteroatoms. The third-order valence-corrected chi connectivity index (χ3v) is 8.97. The van der Waals surface area contributed by atoms with E-state index in [0.29, 0.717) is 54.8 Å². The molecule has 0 spiro atoms. The quantitative estimate of drug-likeness (QED) is 0.431. The summed E-state index contributed by atoms with van der Waals surface area (Å²) < 4.78 is 19.1. The predicted octanol–water partition coefficient (Wildman–Crippen LogP) is 3.38. The highest BCUT2D eigenvalue weighted by molar-refractivity contribution is 7.11. The van der Waals surface area contributed by atoms with Crippen LogP contribution < -0.4 is 5.32 Å². The highest BCUT2D eigenvalue weighted by Gasteiger charge is 2.51. The molecular weight excluding hydrogens is 587 g/mol. The van der Waals surface area contributed by atoms with Gasteiger partial charge in [0.25, 0.3) is 0 Å². The van der Waals surface area contributed by atoms with Crippen LogP contribution in [0.5, 0.6) is 0 Å². The van der Waals surface area contributed by atoms with Gasteiger partial charge in [-0.15, -0.1) is 11.3 Å². The first-order valence-electron chi connectivity index (χ1n) is 13.4. The third kappa shape index (κ3) is 5.60. The van der Waals surface area contributed by atoms with Crippen LogP contribution in [0, 0.1) is 11.2 Å². The Bertz CT molecular complexity index is 1480. The van der Waals surface area contributed by atoms with Crippen LogP contribution in [0.2, 0.25) is 5.02 Å². The van der Waals surface area contributed by atoms with E-state index in [1.54, 1.807) is 29.8 Å². The maximum absolute atomic E-state index is 13.9. The summed E-state index contributed by atoms with van der Waals surface area (Å²) in [6.45, 7) is 7.39. The molecule has 5 rings (SSSR count). The Morgan fingerprint density at radius 2 is 2.07 bits per heavy atom. The number of rotatable bonds is 8. The van der Waals surface area contributed by atoms with Crippen molar-refractivity contribution in [2.45, 2.75) is 32.4 Å². The zero-order chi connectivity index (χ0) is 30.4. The van der Waals surface area contributed by atoms with E-state index in [4.69, 9.17) is 21.3 Å². The maximum Gasteiger partial charge on any atom is 0.338 e. The fraction of sp³-hybridized carbons (Fsp3) is 0.464. The molecule has 0 saturated carbocycles. The van der Waals surface area contributed by atoms with Crippen molar-refractivity contribution in [3.8, 4) is 0 Å². The molecule has 3 aliphatic heterocycles. The maximum atomic E-state index is 13.9. The second kappa shape index (κ2) is 11.3. The number of nitrogens with one attached hydrogen (secondary N) is 1. The SMILES string of the molecule is COC(=O)C1=C(CN2CCN3C(=O)N(CC(C)(C)C(=O)O)CC3(C)C2)NC(c2nccs2)=NC1c1ccc(F)cc1Cl. The first kappa shape index (κ1) is 29.9. The highest BCUT2D eigenvalue weighted by atomic mass is 35.5. The lowest BCUT2D eigenvalue weighted by Crippen LogP contribution is -2.60. The van der Waals surface area contributed by atoms with E-state index >= 15 is 0 Å². The number of halogens is 2. The predicted molar refractivity (Wildman–Crippen MR) is 155 cm³/mol. The molecule has 2 aromatic rings. The Kier molecular flexibility index (Phi) is 8.03. The standard InChI is InChI=1S/C28H32ClFN6O5S/c1-27(2,25(38)39)13-35-15-28(3)14-34(8-9-36(28)26(35)40)12-19-20(24(37)41-4)21(17-6-5-16(30)11-18(17)29)33-22(32-19)23-31-7-10-42-23/h5-7,10-11,21H,8-9,12-15H2,1-4H3,(H,32,33)(H,38,39). The molecule has 1 aromatic carbocycles. The molecule has 2 unspecified atom stereocenters. The molecule has 42 heavy (non-hydrogen) atoms. The minimum absolute atomic E-state index is 0.0974. The molecule has 2 amide bonds. The number of carbonyl (C=O) groups excluding carboxylic acids is 2. The minimum atomic E-state index is -1.09. The van der Waals surface area contributed by atoms with E-state index < -0.39 is 34.8 Å². The lowest BCUT2D eigenvalue weighted by Gasteiger charge is -2.44. The number of benzene rings is 1. The number of thiazole rings is 1. The van der Waals surface area contributed by atoms with Crippen molar-refractivity contribution in [2.75, 3.05) is 46.4 Å². The van der Waals surface area contributed by atoms with Crippen molar-refractivity contribution in [2.24, 2.45) is 10.4 Å². The number of urea groups is 1. The number of piperazine rings is 1. The lowest BCUT2D eigenvalue weighted by molar-refractivity contribution is -0.147. The van der Waals surface area contributed by atoms with E-state index in [9.17, 15) is 23.9 Å². The molecule has 4 heterocycles. The van der Waals surface area contributed by atoms with Gasteiger partial charge in [-0.05, 0) is 32.9 Å². The Morgan fingerprint density at radius 3 is 2.71 bits per heavy atom. The van der Waals surface area contributed by atoms with Gasteiger partial charge in [0.1, 0.15) is 11.9 Å². The van der Waals surface area contributed by atoms with Gasteiger partial charge in [0.05, 0.1) is 23.6 Å². The number of ether oxygens (including phenoxy) is 1. The van der Waals surface area contributed by atoms with Gasteiger partial charge < -0.3 is 25.0 Å². The van der Waals surface area contributed by atoms with Crippen LogP contribution in [-0.2, 0) is 14.3 Å². The third-order valence-electron chi connectivity index (χ3n) is 7.86. The molecule has 2 saturated heterocycles. The van der Waals surface area contributed by atoms with Crippen molar-refractivity contribution in [1.82, 2.24) is 25.0 Å². The Morgan fingerprint density at radius 1 is 1.31 bits per heavy atom. The summed E-state index contributed by atoms with van der Waals surface area (Å²) in [5.41, 5.74) is -0.434. The van der Waals surface area contributed by atoms with E-state index in [1.165, 1.54) is 36.6 Å². The molecule has 2 atom stereocenters. The first-order chi connectivity index (χ1) is 19.8. The number of fused-ring (bicyclic) bond motifs is 1. The van der Waals surface area contributed by atoms with Crippen LogP contribution in [-0.4, -0.2) is 101 Å². The molecule has 11 nitrogen and oxygen atoms in total. The number of aliphatic imine (C=N–C) groups is 1. The topological polar surface area (TPSA) is 128 Å². The van der Waals surface area contributed by atoms with Crippen molar-refractivity contribution in [3.63, 3.8) is 0 Å². The normalized spacial score (nSPS) is 23.0. The second-order valence-corrected chi connectivity index (χ2v) is 12.9. The monoisotopic (exact) mass is 618 g/mol. The lowest BCUT2D eigenvalue weighted by atomic mass is 9.92. The van der Waals surface area contributed by atoms with Crippen molar-refractivity contribution in [1.29, 1.82) is 0 Å². The van der Waals surface area contributed by atoms with Gasteiger partial charge in [0, 0.05) is 67.1 Å². The van der Waals surface area contributed by atoms with Gasteiger partial charge in [-0.2, -0.15) is 0 Å². The van der Waals surface area contributed by atoms with Crippen molar-refractivity contribution >= 4 is 46.7 Å². The van der Waals surface area contributed by atoms with Crippen molar-refractivity contribution < 1.29 is 28.6 Å². The van der Waals surface area contributed by atoms with E-state index in [2.05, 4.69) is 15.2 Å². The number of amides is 2. The Balaban J connectivity index is 1.47. The fourth-order valence-electron chi connectivity index (χ4n) is 5.76. The number of hydrogen-bond donors (Lipinski definition) is 2. The number of esters is 1. The average Bonchev–Trinajstić information content (AvgIpc) is 3.54. The molecule has 0 aliphatic carbocycles. The van der Waals surface area contributed by atoms with Crippen LogP contribution in [0.4, 0.5) is 9.18 Å². The number of hydrogen-bond acceptors (Lipinski definition) is 9. The molecule has 224 valence electrons. The van der Waals surface area contributed by atoms with Gasteiger partial charge in [0.15, 0.2) is 10.8 Å². The van der Waals surface area contributed by atoms with Crippen LogP contribution in [0.15, 0.2) is 46.0 Å². The number of aliphatic carboxylic acids is 1. The first-order valence-corrected chi connectivity index (χ1v) is 14.6. The van der Waals surface area contributed by atoms with Gasteiger partial charge in [-0.3, -0.25) is 14.7 Å². The Labute approximate surface area is 251 Å². The summed E-state index contributed by atoms with van der Waals surface area (Å²) >= 11 is 7.83. The summed E-state index contributed by atoms with van der Waals surface area (Å²) in [5.74, 6) is -1.64. The molecule has 1 aromatic heterocycles. The number of methoxy groups -OCH3 is 1. The van der Waals surface area contributed by atoms with Gasteiger partial charge >= 0.3 is 18.0 Å². The van der Waals surface area contributed by atoms with Gasteiger partial charge in [0.2, 0.25) is 0 Å².